The summed E-state index contributed by atoms with van der Waals surface area (Å²) in [6.45, 7) is 14.4. The Bertz CT molecular complexity index is 4450. The fourth-order valence-corrected chi connectivity index (χ4v) is 13.4. The van der Waals surface area contributed by atoms with Crippen LogP contribution in [0.25, 0.3) is 115 Å². The molecule has 0 amide bonds. The van der Waals surface area contributed by atoms with Crippen LogP contribution in [0, 0.1) is 0 Å². The van der Waals surface area contributed by atoms with E-state index in [9.17, 15) is 5.11 Å². The maximum absolute atomic E-state index is 10.0. The van der Waals surface area contributed by atoms with Gasteiger partial charge in [0.1, 0.15) is 16.9 Å². The average Bonchev–Trinajstić information content (AvgIpc) is 4.40. The van der Waals surface area contributed by atoms with Crippen LogP contribution in [0.15, 0.2) is 236 Å². The van der Waals surface area contributed by atoms with Crippen molar-refractivity contribution in [2.45, 2.75) is 31.6 Å². The van der Waals surface area contributed by atoms with Crippen LogP contribution in [0.4, 0.5) is 0 Å². The van der Waals surface area contributed by atoms with Gasteiger partial charge in [0.15, 0.2) is 17.5 Å². The quantitative estimate of drug-likeness (QED) is 0.115. The minimum absolute atomic E-state index is 0.0405. The van der Waals surface area contributed by atoms with Gasteiger partial charge in [0.2, 0.25) is 0 Å². The third-order valence-electron chi connectivity index (χ3n) is 15.7. The van der Waals surface area contributed by atoms with Gasteiger partial charge in [-0.1, -0.05) is 203 Å². The Balaban J connectivity index is 0.958. The van der Waals surface area contributed by atoms with Crippen LogP contribution in [0.1, 0.15) is 54.4 Å². The molecule has 0 radical (unpaired) electrons. The Morgan fingerprint density at radius 2 is 1.16 bits per heavy atom. The Morgan fingerprint density at radius 1 is 0.539 bits per heavy atom. The number of aliphatic hydroxyl groups is 1. The SMILES string of the molecule is C=C(O)/C=C\C(C)(C)c1ccc(-c2c(-c3ccc4sc5cc(-c6nc(C(=C)/C=C\C)nc(-c7cccc8oc9ccccc9c78)n6)ccc5c4c3)ccc3c2C2(c4ccccc4-c4ccccc42)c2ccccc2-3)cc1. The number of aliphatic hydroxyl groups excluding tert-OH is 1. The smallest absolute Gasteiger partial charge is 0.164 e. The lowest BCUT2D eigenvalue weighted by molar-refractivity contribution is 0.434. The molecule has 9 aromatic carbocycles. The third kappa shape index (κ3) is 6.80. The number of rotatable bonds is 9. The molecule has 76 heavy (non-hydrogen) atoms. The summed E-state index contributed by atoms with van der Waals surface area (Å²) < 4.78 is 8.63. The molecule has 1 spiro atoms. The zero-order chi connectivity index (χ0) is 51.5. The third-order valence-corrected chi connectivity index (χ3v) is 16.9. The number of allylic oxidation sites excluding steroid dienone is 5. The van der Waals surface area contributed by atoms with Crippen LogP contribution >= 0.6 is 11.3 Å². The van der Waals surface area contributed by atoms with Crippen molar-refractivity contribution in [3.63, 3.8) is 0 Å². The maximum Gasteiger partial charge on any atom is 0.164 e. The van der Waals surface area contributed by atoms with Crippen LogP contribution in [0.5, 0.6) is 0 Å². The Labute approximate surface area is 444 Å². The molecule has 0 bridgehead atoms. The normalized spacial score (nSPS) is 13.4. The molecule has 0 atom stereocenters. The number of hydrogen-bond acceptors (Lipinski definition) is 6. The van der Waals surface area contributed by atoms with Gasteiger partial charge in [-0.05, 0) is 116 Å². The summed E-state index contributed by atoms with van der Waals surface area (Å²) in [5, 5.41) is 14.3. The molecule has 2 aliphatic rings. The molecule has 12 aromatic rings. The van der Waals surface area contributed by atoms with E-state index >= 15 is 0 Å². The lowest BCUT2D eigenvalue weighted by atomic mass is 9.67. The molecule has 0 saturated carbocycles. The molecule has 1 N–H and O–H groups in total. The standard InChI is InChI=1S/C70H49N3O2S/c1-6-16-41(2)66-71-67(73-68(72-66)54-21-15-26-60-64(54)53-20-10-14-25-59(53)75-60)45-29-33-51-55-39-44(30-36-61(55)76-62(51)40-45)47-34-35-52-50-19-9-13-24-58(50)70(56-22-11-7-17-48(56)49-18-8-12-23-57(49)70)65(52)63(47)43-27-31-46(32-28-43)69(4,5)38-37-42(3)74/h6-40,74H,2-3H2,1,4-5H3/b16-6-,38-37-. The summed E-state index contributed by atoms with van der Waals surface area (Å²) in [6.07, 6.45) is 7.59. The van der Waals surface area contributed by atoms with E-state index < -0.39 is 5.41 Å². The molecule has 14 rings (SSSR count). The monoisotopic (exact) mass is 995 g/mol. The molecule has 0 saturated heterocycles. The predicted octanol–water partition coefficient (Wildman–Crippen LogP) is 18.6. The fourth-order valence-electron chi connectivity index (χ4n) is 12.3. The van der Waals surface area contributed by atoms with Crippen molar-refractivity contribution >= 4 is 59.0 Å². The van der Waals surface area contributed by atoms with E-state index in [0.717, 1.165) is 54.5 Å². The molecule has 3 heterocycles. The predicted molar refractivity (Wildman–Crippen MR) is 316 cm³/mol. The zero-order valence-electron chi connectivity index (χ0n) is 42.2. The number of furan rings is 1. The Kier molecular flexibility index (Phi) is 10.3. The minimum Gasteiger partial charge on any atom is -0.509 e. The summed E-state index contributed by atoms with van der Waals surface area (Å²) in [5.41, 5.74) is 19.2. The summed E-state index contributed by atoms with van der Waals surface area (Å²) in [5.74, 6) is 1.70. The highest BCUT2D eigenvalue weighted by molar-refractivity contribution is 7.25. The lowest BCUT2D eigenvalue weighted by Gasteiger charge is -2.33. The fraction of sp³-hybridized carbons (Fsp3) is 0.0714. The molecule has 3 aromatic heterocycles. The number of fused-ring (bicyclic) bond motifs is 16. The molecular weight excluding hydrogens is 947 g/mol. The molecule has 5 nitrogen and oxygen atoms in total. The van der Waals surface area contributed by atoms with E-state index in [1.54, 1.807) is 17.4 Å². The van der Waals surface area contributed by atoms with Crippen LogP contribution in [-0.2, 0) is 10.8 Å². The average molecular weight is 996 g/mol. The van der Waals surface area contributed by atoms with Gasteiger partial charge >= 0.3 is 0 Å². The maximum atomic E-state index is 10.0. The number of nitrogens with zero attached hydrogens (tertiary/aromatic N) is 3. The second-order valence-electron chi connectivity index (χ2n) is 20.6. The molecule has 0 fully saturated rings. The molecule has 0 unspecified atom stereocenters. The number of benzene rings is 9. The summed E-state index contributed by atoms with van der Waals surface area (Å²) in [6, 6.07) is 68.6. The van der Waals surface area contributed by atoms with Crippen molar-refractivity contribution in [2.75, 3.05) is 0 Å². The first-order valence-electron chi connectivity index (χ1n) is 25.7. The van der Waals surface area contributed by atoms with Crippen molar-refractivity contribution in [1.82, 2.24) is 15.0 Å². The second kappa shape index (κ2) is 17.2. The van der Waals surface area contributed by atoms with Crippen molar-refractivity contribution in [2.24, 2.45) is 0 Å². The van der Waals surface area contributed by atoms with Crippen molar-refractivity contribution in [1.29, 1.82) is 0 Å². The summed E-state index contributed by atoms with van der Waals surface area (Å²) >= 11 is 1.78. The first-order chi connectivity index (χ1) is 37.1. The van der Waals surface area contributed by atoms with E-state index in [0.29, 0.717) is 23.0 Å². The lowest BCUT2D eigenvalue weighted by Crippen LogP contribution is -2.26. The van der Waals surface area contributed by atoms with E-state index in [4.69, 9.17) is 19.4 Å². The molecule has 362 valence electrons. The molecule has 2 aliphatic carbocycles. The highest BCUT2D eigenvalue weighted by Crippen LogP contribution is 2.65. The van der Waals surface area contributed by atoms with Crippen LogP contribution in [-0.4, -0.2) is 20.1 Å². The van der Waals surface area contributed by atoms with Crippen molar-refractivity contribution < 1.29 is 9.52 Å². The minimum atomic E-state index is -0.561. The van der Waals surface area contributed by atoms with Crippen LogP contribution in [0.2, 0.25) is 0 Å². The van der Waals surface area contributed by atoms with Gasteiger partial charge in [0.25, 0.3) is 0 Å². The molecule has 6 heteroatoms. The van der Waals surface area contributed by atoms with E-state index in [2.05, 4.69) is 185 Å². The highest BCUT2D eigenvalue weighted by atomic mass is 32.1. The zero-order valence-corrected chi connectivity index (χ0v) is 43.0. The number of para-hydroxylation sites is 1. The van der Waals surface area contributed by atoms with E-state index in [1.165, 1.54) is 71.1 Å². The van der Waals surface area contributed by atoms with E-state index in [1.807, 2.05) is 55.5 Å². The summed E-state index contributed by atoms with van der Waals surface area (Å²) in [7, 11) is 0. The van der Waals surface area contributed by atoms with Gasteiger partial charge in [-0.25, -0.2) is 15.0 Å². The Hall–Kier alpha value is -9.23. The molecule has 0 aliphatic heterocycles. The number of hydrogen-bond donors (Lipinski definition) is 1. The highest BCUT2D eigenvalue weighted by Gasteiger charge is 2.53. The van der Waals surface area contributed by atoms with Crippen LogP contribution in [0.3, 0.4) is 0 Å². The van der Waals surface area contributed by atoms with Crippen molar-refractivity contribution in [3.05, 3.63) is 265 Å². The van der Waals surface area contributed by atoms with Gasteiger partial charge in [-0.15, -0.1) is 11.3 Å². The van der Waals surface area contributed by atoms with Gasteiger partial charge in [0.05, 0.1) is 5.41 Å². The number of aromatic nitrogens is 3. The Morgan fingerprint density at radius 3 is 1.88 bits per heavy atom. The van der Waals surface area contributed by atoms with Gasteiger partial charge in [0, 0.05) is 53.1 Å². The van der Waals surface area contributed by atoms with Gasteiger partial charge in [-0.2, -0.15) is 0 Å². The first-order valence-corrected chi connectivity index (χ1v) is 26.5. The van der Waals surface area contributed by atoms with E-state index in [-0.39, 0.29) is 11.2 Å². The van der Waals surface area contributed by atoms with Gasteiger partial charge < -0.3 is 9.52 Å². The second-order valence-corrected chi connectivity index (χ2v) is 21.6. The largest absolute Gasteiger partial charge is 0.509 e. The number of thiophene rings is 1. The van der Waals surface area contributed by atoms with Gasteiger partial charge in [-0.3, -0.25) is 0 Å². The first kappa shape index (κ1) is 45.4. The van der Waals surface area contributed by atoms with Crippen LogP contribution < -0.4 is 0 Å². The van der Waals surface area contributed by atoms with Crippen molar-refractivity contribution in [3.8, 4) is 67.3 Å². The summed E-state index contributed by atoms with van der Waals surface area (Å²) in [4.78, 5) is 15.3. The topological polar surface area (TPSA) is 72.0 Å². The molecular formula is C70H49N3O2S.